The topological polar surface area (TPSA) is 103 Å². The molecule has 2 unspecified atom stereocenters. The number of allylic oxidation sites excluding steroid dienone is 3. The van der Waals surface area contributed by atoms with Gasteiger partial charge in [-0.15, -0.1) is 0 Å². The van der Waals surface area contributed by atoms with Crippen molar-refractivity contribution in [3.05, 3.63) is 71.4 Å². The molecule has 0 aromatic carbocycles. The van der Waals surface area contributed by atoms with E-state index < -0.39 is 0 Å². The number of rotatable bonds is 11. The van der Waals surface area contributed by atoms with Gasteiger partial charge in [-0.05, 0) is 75.3 Å². The van der Waals surface area contributed by atoms with Gasteiger partial charge >= 0.3 is 0 Å². The molecule has 1 aromatic rings. The van der Waals surface area contributed by atoms with Crippen molar-refractivity contribution in [3.63, 3.8) is 0 Å². The van der Waals surface area contributed by atoms with Crippen LogP contribution in [0.5, 0.6) is 0 Å². The number of hydrogen-bond donors (Lipinski definition) is 3. The Morgan fingerprint density at radius 2 is 2.10 bits per heavy atom. The zero-order valence-corrected chi connectivity index (χ0v) is 25.0. The van der Waals surface area contributed by atoms with Crippen molar-refractivity contribution in [1.29, 1.82) is 0 Å². The molecule has 2 aliphatic heterocycles. The minimum absolute atomic E-state index is 0.0298. The van der Waals surface area contributed by atoms with E-state index >= 15 is 0 Å². The number of nitrogens with one attached hydrogen (secondary N) is 2. The standard InChI is InChI=1S/C32H46N8/c1-8-27(32(5,6)20-33)40(7)31-29(26(23-11-12-23)15-16-34-9-2)22(4)37-30(39-31)24-14-17-35-28(18-24)38-25-13-10-21(3)36-19-25/h10,13-14,16-19,22-23,27,36H,3,8-9,11-12,15,20,33H2,1-2,4-7H3,(H,35,38)/b29-26-,34-16?. The first-order chi connectivity index (χ1) is 19.2. The summed E-state index contributed by atoms with van der Waals surface area (Å²) in [6.45, 7) is 16.3. The molecule has 2 atom stereocenters. The van der Waals surface area contributed by atoms with Gasteiger partial charge in [-0.25, -0.2) is 9.98 Å². The van der Waals surface area contributed by atoms with Gasteiger partial charge in [0.05, 0.1) is 11.7 Å². The molecular formula is C32H46N8. The maximum atomic E-state index is 6.28. The summed E-state index contributed by atoms with van der Waals surface area (Å²) in [5.74, 6) is 3.04. The van der Waals surface area contributed by atoms with Gasteiger partial charge in [-0.1, -0.05) is 32.9 Å². The quantitative estimate of drug-likeness (QED) is 0.323. The van der Waals surface area contributed by atoms with E-state index in [1.807, 2.05) is 30.5 Å². The van der Waals surface area contributed by atoms with Crippen LogP contribution < -0.4 is 16.4 Å². The van der Waals surface area contributed by atoms with Crippen LogP contribution >= 0.6 is 0 Å². The molecule has 8 nitrogen and oxygen atoms in total. The average Bonchev–Trinajstić information content (AvgIpc) is 3.78. The van der Waals surface area contributed by atoms with Crippen molar-refractivity contribution in [2.45, 2.75) is 72.4 Å². The maximum Gasteiger partial charge on any atom is 0.157 e. The molecule has 0 spiro atoms. The lowest BCUT2D eigenvalue weighted by atomic mass is 9.81. The summed E-state index contributed by atoms with van der Waals surface area (Å²) in [5.41, 5.74) is 11.6. The smallest absolute Gasteiger partial charge is 0.157 e. The molecule has 4 N–H and O–H groups in total. The molecule has 8 heteroatoms. The number of dihydropyridines is 1. The minimum atomic E-state index is -0.0765. The highest BCUT2D eigenvalue weighted by Crippen LogP contribution is 2.42. The number of aliphatic imine (C=N–C) groups is 3. The highest BCUT2D eigenvalue weighted by Gasteiger charge is 2.38. The van der Waals surface area contributed by atoms with Gasteiger partial charge in [0.2, 0.25) is 0 Å². The van der Waals surface area contributed by atoms with Crippen LogP contribution in [0.2, 0.25) is 0 Å². The third-order valence-corrected chi connectivity index (χ3v) is 8.01. The third-order valence-electron chi connectivity index (χ3n) is 8.01. The third kappa shape index (κ3) is 6.78. The van der Waals surface area contributed by atoms with Gasteiger partial charge in [-0.3, -0.25) is 9.98 Å². The zero-order valence-electron chi connectivity index (χ0n) is 25.0. The molecular weight excluding hydrogens is 496 g/mol. The van der Waals surface area contributed by atoms with Crippen LogP contribution in [-0.2, 0) is 0 Å². The predicted octanol–water partition coefficient (Wildman–Crippen LogP) is 5.44. The summed E-state index contributed by atoms with van der Waals surface area (Å²) in [6.07, 6.45) is 13.9. The summed E-state index contributed by atoms with van der Waals surface area (Å²) in [6, 6.07) is 4.19. The van der Waals surface area contributed by atoms with Crippen LogP contribution in [0.25, 0.3) is 0 Å². The average molecular weight is 543 g/mol. The second-order valence-corrected chi connectivity index (χ2v) is 11.5. The lowest BCUT2D eigenvalue weighted by Gasteiger charge is -2.42. The second-order valence-electron chi connectivity index (χ2n) is 11.5. The first-order valence-electron chi connectivity index (χ1n) is 14.6. The van der Waals surface area contributed by atoms with Crippen LogP contribution in [0.15, 0.2) is 80.8 Å². The van der Waals surface area contributed by atoms with Gasteiger partial charge in [0.25, 0.3) is 0 Å². The van der Waals surface area contributed by atoms with Crippen molar-refractivity contribution in [2.75, 3.05) is 25.5 Å². The van der Waals surface area contributed by atoms with E-state index in [9.17, 15) is 0 Å². The van der Waals surface area contributed by atoms with E-state index in [-0.39, 0.29) is 17.5 Å². The molecule has 1 saturated carbocycles. The molecule has 214 valence electrons. The van der Waals surface area contributed by atoms with E-state index in [0.29, 0.717) is 12.5 Å². The molecule has 1 fully saturated rings. The Morgan fingerprint density at radius 3 is 2.73 bits per heavy atom. The molecule has 3 heterocycles. The summed E-state index contributed by atoms with van der Waals surface area (Å²) < 4.78 is 0. The van der Waals surface area contributed by atoms with Crippen molar-refractivity contribution < 1.29 is 0 Å². The Bertz CT molecular complexity index is 1280. The molecule has 40 heavy (non-hydrogen) atoms. The molecule has 0 saturated heterocycles. The molecule has 3 aliphatic rings. The molecule has 4 rings (SSSR count). The second kappa shape index (κ2) is 12.8. The highest BCUT2D eigenvalue weighted by molar-refractivity contribution is 6.14. The number of anilines is 1. The van der Waals surface area contributed by atoms with Gasteiger partial charge < -0.3 is 21.3 Å². The monoisotopic (exact) mass is 542 g/mol. The Hall–Kier alpha value is -3.52. The van der Waals surface area contributed by atoms with Crippen LogP contribution in [0.4, 0.5) is 5.82 Å². The number of amidine groups is 2. The summed E-state index contributed by atoms with van der Waals surface area (Å²) in [4.78, 5) is 21.9. The van der Waals surface area contributed by atoms with Gasteiger partial charge in [-0.2, -0.15) is 0 Å². The number of pyridine rings is 1. The van der Waals surface area contributed by atoms with Gasteiger partial charge in [0, 0.05) is 61.5 Å². The van der Waals surface area contributed by atoms with E-state index in [4.69, 9.17) is 15.7 Å². The Morgan fingerprint density at radius 1 is 1.32 bits per heavy atom. The fourth-order valence-corrected chi connectivity index (χ4v) is 5.62. The maximum absolute atomic E-state index is 6.28. The fraction of sp³-hybridized carbons (Fsp3) is 0.500. The van der Waals surface area contributed by atoms with Crippen LogP contribution in [0.1, 0.15) is 65.9 Å². The molecule has 0 bridgehead atoms. The normalized spacial score (nSPS) is 21.4. The Kier molecular flexibility index (Phi) is 9.40. The zero-order chi connectivity index (χ0) is 28.9. The largest absolute Gasteiger partial charge is 0.360 e. The van der Waals surface area contributed by atoms with Crippen LogP contribution in [0, 0.1) is 11.3 Å². The number of likely N-dealkylation sites (N-methyl/N-ethyl adjacent to an activating group) is 1. The summed E-state index contributed by atoms with van der Waals surface area (Å²) in [5, 5.41) is 6.49. The molecule has 0 amide bonds. The van der Waals surface area contributed by atoms with E-state index in [2.05, 4.69) is 80.0 Å². The van der Waals surface area contributed by atoms with Gasteiger partial charge in [0.15, 0.2) is 5.84 Å². The summed E-state index contributed by atoms with van der Waals surface area (Å²) >= 11 is 0. The van der Waals surface area contributed by atoms with Crippen molar-refractivity contribution >= 4 is 23.7 Å². The Balaban J connectivity index is 1.76. The van der Waals surface area contributed by atoms with Crippen LogP contribution in [0.3, 0.4) is 0 Å². The number of nitrogens with zero attached hydrogens (tertiary/aromatic N) is 5. The van der Waals surface area contributed by atoms with E-state index in [0.717, 1.165) is 53.8 Å². The fourth-order valence-electron chi connectivity index (χ4n) is 5.62. The lowest BCUT2D eigenvalue weighted by molar-refractivity contribution is 0.172. The lowest BCUT2D eigenvalue weighted by Crippen LogP contribution is -2.51. The predicted molar refractivity (Wildman–Crippen MR) is 169 cm³/mol. The first kappa shape index (κ1) is 29.5. The van der Waals surface area contributed by atoms with Crippen molar-refractivity contribution in [1.82, 2.24) is 15.2 Å². The SMILES string of the molecule is C=C1C=CC(Nc2cc(C3=NC(C)/C(=C(\CC=NCC)C4CC4)C(N(C)C(CC)C(C)(C)CN)=N3)ccn2)=CN1. The summed E-state index contributed by atoms with van der Waals surface area (Å²) in [7, 11) is 2.17. The van der Waals surface area contributed by atoms with Crippen LogP contribution in [-0.4, -0.2) is 60.0 Å². The minimum Gasteiger partial charge on any atom is -0.360 e. The van der Waals surface area contributed by atoms with Crippen molar-refractivity contribution in [3.8, 4) is 0 Å². The Labute approximate surface area is 240 Å². The first-order valence-corrected chi connectivity index (χ1v) is 14.6. The number of nitrogens with two attached hydrogens (primary N) is 1. The van der Waals surface area contributed by atoms with Gasteiger partial charge in [0.1, 0.15) is 11.7 Å². The molecule has 1 aliphatic carbocycles. The number of hydrogen-bond acceptors (Lipinski definition) is 8. The number of aromatic nitrogens is 1. The van der Waals surface area contributed by atoms with E-state index in [1.54, 1.807) is 6.20 Å². The van der Waals surface area contributed by atoms with Crippen molar-refractivity contribution in [2.24, 2.45) is 32.0 Å². The molecule has 1 aromatic heterocycles. The highest BCUT2D eigenvalue weighted by atomic mass is 15.2. The van der Waals surface area contributed by atoms with E-state index in [1.165, 1.54) is 24.0 Å². The molecule has 0 radical (unpaired) electrons.